The van der Waals surface area contributed by atoms with Gasteiger partial charge in [-0.15, -0.1) is 0 Å². The molecule has 19 heavy (non-hydrogen) atoms. The Morgan fingerprint density at radius 2 is 2.26 bits per heavy atom. The molecule has 1 saturated heterocycles. The highest BCUT2D eigenvalue weighted by Crippen LogP contribution is 2.15. The average molecular weight is 284 g/mol. The normalized spacial score (nSPS) is 19.7. The molecule has 1 aliphatic heterocycles. The molecule has 0 aliphatic carbocycles. The Morgan fingerprint density at radius 3 is 2.95 bits per heavy atom. The molecule has 0 radical (unpaired) electrons. The van der Waals surface area contributed by atoms with Crippen LogP contribution < -0.4 is 10.5 Å². The number of sulfonamides is 1. The summed E-state index contributed by atoms with van der Waals surface area (Å²) in [4.78, 5) is 0. The van der Waals surface area contributed by atoms with Crippen LogP contribution in [0.2, 0.25) is 0 Å². The standard InChI is InChI=1S/C13H20N2O3S/c14-12-4-1-3-11(9-12)10-15-19(16,17)8-6-13-5-2-7-18-13/h1,3-4,9,13,15H,2,5-8,10,14H2/t13-/m0/s1. The SMILES string of the molecule is Nc1cccc(CNS(=O)(=O)CC[C@@H]2CCCO2)c1. The van der Waals surface area contributed by atoms with Crippen LogP contribution in [-0.2, 0) is 21.3 Å². The Morgan fingerprint density at radius 1 is 1.42 bits per heavy atom. The fraction of sp³-hybridized carbons (Fsp3) is 0.538. The van der Waals surface area contributed by atoms with Crippen molar-refractivity contribution in [2.45, 2.75) is 31.9 Å². The molecular weight excluding hydrogens is 264 g/mol. The van der Waals surface area contributed by atoms with Crippen LogP contribution in [0.4, 0.5) is 5.69 Å². The first-order valence-electron chi connectivity index (χ1n) is 6.48. The molecule has 3 N–H and O–H groups in total. The molecule has 0 bridgehead atoms. The van der Waals surface area contributed by atoms with E-state index in [0.717, 1.165) is 25.0 Å². The van der Waals surface area contributed by atoms with E-state index < -0.39 is 10.0 Å². The van der Waals surface area contributed by atoms with Crippen molar-refractivity contribution in [3.8, 4) is 0 Å². The van der Waals surface area contributed by atoms with E-state index in [4.69, 9.17) is 10.5 Å². The van der Waals surface area contributed by atoms with Gasteiger partial charge >= 0.3 is 0 Å². The Labute approximate surface area is 114 Å². The molecular formula is C13H20N2O3S. The van der Waals surface area contributed by atoms with Crippen LogP contribution in [0, 0.1) is 0 Å². The lowest BCUT2D eigenvalue weighted by molar-refractivity contribution is 0.109. The monoisotopic (exact) mass is 284 g/mol. The zero-order valence-corrected chi connectivity index (χ0v) is 11.7. The number of nitrogens with two attached hydrogens (primary N) is 1. The zero-order chi connectivity index (χ0) is 13.7. The van der Waals surface area contributed by atoms with E-state index in [-0.39, 0.29) is 18.4 Å². The van der Waals surface area contributed by atoms with Crippen LogP contribution in [-0.4, -0.2) is 26.9 Å². The van der Waals surface area contributed by atoms with Crippen molar-refractivity contribution in [3.63, 3.8) is 0 Å². The molecule has 1 fully saturated rings. The molecule has 0 amide bonds. The third-order valence-electron chi connectivity index (χ3n) is 3.18. The van der Waals surface area contributed by atoms with E-state index in [9.17, 15) is 8.42 Å². The molecule has 1 aliphatic rings. The molecule has 1 aromatic carbocycles. The van der Waals surface area contributed by atoms with Crippen molar-refractivity contribution in [2.24, 2.45) is 0 Å². The molecule has 0 spiro atoms. The third kappa shape index (κ3) is 4.81. The Bertz CT molecular complexity index is 510. The highest BCUT2D eigenvalue weighted by molar-refractivity contribution is 7.89. The fourth-order valence-corrected chi connectivity index (χ4v) is 3.23. The fourth-order valence-electron chi connectivity index (χ4n) is 2.13. The molecule has 6 heteroatoms. The minimum Gasteiger partial charge on any atom is -0.399 e. The van der Waals surface area contributed by atoms with Gasteiger partial charge < -0.3 is 10.5 Å². The highest BCUT2D eigenvalue weighted by atomic mass is 32.2. The number of rotatable bonds is 6. The maximum Gasteiger partial charge on any atom is 0.211 e. The molecule has 1 heterocycles. The van der Waals surface area contributed by atoms with E-state index in [2.05, 4.69) is 4.72 Å². The van der Waals surface area contributed by atoms with Gasteiger partial charge in [0.05, 0.1) is 11.9 Å². The van der Waals surface area contributed by atoms with Crippen molar-refractivity contribution in [2.75, 3.05) is 18.1 Å². The molecule has 0 unspecified atom stereocenters. The first kappa shape index (κ1) is 14.3. The quantitative estimate of drug-likeness (QED) is 0.771. The summed E-state index contributed by atoms with van der Waals surface area (Å²) in [7, 11) is -3.25. The molecule has 2 rings (SSSR count). The van der Waals surface area contributed by atoms with Gasteiger partial charge in [-0.25, -0.2) is 13.1 Å². The number of nitrogens with one attached hydrogen (secondary N) is 1. The van der Waals surface area contributed by atoms with E-state index in [1.807, 2.05) is 12.1 Å². The number of hydrogen-bond donors (Lipinski definition) is 2. The van der Waals surface area contributed by atoms with E-state index in [1.54, 1.807) is 12.1 Å². The maximum absolute atomic E-state index is 11.8. The van der Waals surface area contributed by atoms with Crippen LogP contribution >= 0.6 is 0 Å². The maximum atomic E-state index is 11.8. The summed E-state index contributed by atoms with van der Waals surface area (Å²) in [6, 6.07) is 7.20. The smallest absolute Gasteiger partial charge is 0.211 e. The van der Waals surface area contributed by atoms with Gasteiger partial charge in [-0.05, 0) is 37.0 Å². The van der Waals surface area contributed by atoms with Crippen LogP contribution in [0.25, 0.3) is 0 Å². The second-order valence-electron chi connectivity index (χ2n) is 4.81. The average Bonchev–Trinajstić information content (AvgIpc) is 2.88. The lowest BCUT2D eigenvalue weighted by Gasteiger charge is -2.10. The number of ether oxygens (including phenoxy) is 1. The number of hydrogen-bond acceptors (Lipinski definition) is 4. The van der Waals surface area contributed by atoms with Crippen molar-refractivity contribution in [1.82, 2.24) is 4.72 Å². The number of benzene rings is 1. The number of anilines is 1. The lowest BCUT2D eigenvalue weighted by atomic mass is 10.2. The zero-order valence-electron chi connectivity index (χ0n) is 10.8. The summed E-state index contributed by atoms with van der Waals surface area (Å²) in [6.45, 7) is 1.03. The van der Waals surface area contributed by atoms with Crippen LogP contribution in [0.3, 0.4) is 0 Å². The van der Waals surface area contributed by atoms with Crippen LogP contribution in [0.1, 0.15) is 24.8 Å². The Hall–Kier alpha value is -1.11. The summed E-state index contributed by atoms with van der Waals surface area (Å²) >= 11 is 0. The largest absolute Gasteiger partial charge is 0.399 e. The minimum absolute atomic E-state index is 0.101. The van der Waals surface area contributed by atoms with Gasteiger partial charge in [0.25, 0.3) is 0 Å². The second kappa shape index (κ2) is 6.36. The van der Waals surface area contributed by atoms with E-state index in [0.29, 0.717) is 12.1 Å². The predicted octanol–water partition coefficient (Wildman–Crippen LogP) is 1.26. The summed E-state index contributed by atoms with van der Waals surface area (Å²) in [5.41, 5.74) is 7.14. The molecule has 0 saturated carbocycles. The van der Waals surface area contributed by atoms with Gasteiger partial charge in [-0.3, -0.25) is 0 Å². The predicted molar refractivity (Wildman–Crippen MR) is 75.1 cm³/mol. The van der Waals surface area contributed by atoms with Crippen molar-refractivity contribution < 1.29 is 13.2 Å². The molecule has 0 aromatic heterocycles. The second-order valence-corrected chi connectivity index (χ2v) is 6.74. The Kier molecular flexibility index (Phi) is 4.79. The molecule has 1 aromatic rings. The number of nitrogen functional groups attached to an aromatic ring is 1. The van der Waals surface area contributed by atoms with Crippen molar-refractivity contribution >= 4 is 15.7 Å². The summed E-state index contributed by atoms with van der Waals surface area (Å²) in [5.74, 6) is 0.111. The van der Waals surface area contributed by atoms with Crippen LogP contribution in [0.5, 0.6) is 0 Å². The summed E-state index contributed by atoms with van der Waals surface area (Å²) < 4.78 is 31.7. The van der Waals surface area contributed by atoms with Gasteiger partial charge in [0.15, 0.2) is 0 Å². The summed E-state index contributed by atoms with van der Waals surface area (Å²) in [5, 5.41) is 0. The van der Waals surface area contributed by atoms with Gasteiger partial charge in [0, 0.05) is 18.8 Å². The molecule has 5 nitrogen and oxygen atoms in total. The summed E-state index contributed by atoms with van der Waals surface area (Å²) in [6.07, 6.45) is 2.65. The molecule has 1 atom stereocenters. The van der Waals surface area contributed by atoms with Gasteiger partial charge in [0.1, 0.15) is 0 Å². The first-order valence-corrected chi connectivity index (χ1v) is 8.14. The minimum atomic E-state index is -3.25. The Balaban J connectivity index is 1.80. The van der Waals surface area contributed by atoms with Gasteiger partial charge in [-0.1, -0.05) is 12.1 Å². The van der Waals surface area contributed by atoms with Crippen molar-refractivity contribution in [1.29, 1.82) is 0 Å². The van der Waals surface area contributed by atoms with E-state index >= 15 is 0 Å². The van der Waals surface area contributed by atoms with Gasteiger partial charge in [0.2, 0.25) is 10.0 Å². The van der Waals surface area contributed by atoms with Gasteiger partial charge in [-0.2, -0.15) is 0 Å². The van der Waals surface area contributed by atoms with Crippen molar-refractivity contribution in [3.05, 3.63) is 29.8 Å². The van der Waals surface area contributed by atoms with E-state index in [1.165, 1.54) is 0 Å². The topological polar surface area (TPSA) is 81.4 Å². The van der Waals surface area contributed by atoms with Crippen LogP contribution in [0.15, 0.2) is 24.3 Å². The first-order chi connectivity index (χ1) is 9.05. The lowest BCUT2D eigenvalue weighted by Crippen LogP contribution is -2.27. The molecule has 106 valence electrons. The highest BCUT2D eigenvalue weighted by Gasteiger charge is 2.19. The third-order valence-corrected chi connectivity index (χ3v) is 4.54.